The molecule has 0 unspecified atom stereocenters. The van der Waals surface area contributed by atoms with Crippen molar-refractivity contribution in [2.24, 2.45) is 0 Å². The van der Waals surface area contributed by atoms with Crippen LogP contribution in [0, 0.1) is 10.1 Å². The molecule has 0 bridgehead atoms. The lowest BCUT2D eigenvalue weighted by atomic mass is 9.98. The van der Waals surface area contributed by atoms with Crippen LogP contribution in [0.15, 0.2) is 66.7 Å². The molecule has 0 aromatic heterocycles. The molecule has 0 fully saturated rings. The summed E-state index contributed by atoms with van der Waals surface area (Å²) in [7, 11) is 5.74. The number of nitrogens with one attached hydrogen (secondary N) is 2. The first-order chi connectivity index (χ1) is 14.9. The highest BCUT2D eigenvalue weighted by Crippen LogP contribution is 2.25. The number of amides is 1. The van der Waals surface area contributed by atoms with Gasteiger partial charge in [0.05, 0.1) is 10.5 Å². The molecule has 0 radical (unpaired) electrons. The molecule has 2 N–H and O–H groups in total. The Bertz CT molecular complexity index is 1080. The zero-order chi connectivity index (χ0) is 22.4. The lowest BCUT2D eigenvalue weighted by molar-refractivity contribution is -0.384. The summed E-state index contributed by atoms with van der Waals surface area (Å²) in [6.07, 6.45) is 0. The van der Waals surface area contributed by atoms with Crippen LogP contribution < -0.4 is 10.6 Å². The fourth-order valence-corrected chi connectivity index (χ4v) is 3.43. The molecule has 0 heterocycles. The van der Waals surface area contributed by atoms with Crippen molar-refractivity contribution < 1.29 is 9.72 Å². The van der Waals surface area contributed by atoms with Gasteiger partial charge in [0.2, 0.25) is 0 Å². The number of nitro groups is 1. The van der Waals surface area contributed by atoms with E-state index in [2.05, 4.69) is 39.8 Å². The number of carbonyl (C=O) groups is 1. The molecule has 3 aromatic rings. The minimum Gasteiger partial charge on any atom is -0.387 e. The lowest BCUT2D eigenvalue weighted by Crippen LogP contribution is -2.24. The number of hydrogen-bond acceptors (Lipinski definition) is 5. The lowest BCUT2D eigenvalue weighted by Gasteiger charge is -2.14. The van der Waals surface area contributed by atoms with Gasteiger partial charge in [0.25, 0.3) is 11.6 Å². The fourth-order valence-electron chi connectivity index (χ4n) is 3.43. The summed E-state index contributed by atoms with van der Waals surface area (Å²) >= 11 is 0. The maximum Gasteiger partial charge on any atom is 0.270 e. The van der Waals surface area contributed by atoms with Crippen LogP contribution in [0.2, 0.25) is 0 Å². The minimum atomic E-state index is -0.508. The molecule has 0 aliphatic carbocycles. The summed E-state index contributed by atoms with van der Waals surface area (Å²) in [5.41, 5.74) is 4.95. The van der Waals surface area contributed by atoms with E-state index < -0.39 is 4.92 Å². The molecule has 0 atom stereocenters. The van der Waals surface area contributed by atoms with E-state index in [1.165, 1.54) is 23.8 Å². The Kier molecular flexibility index (Phi) is 6.99. The standard InChI is InChI=1S/C24H26N4O3/c1-25-23-13-12-20(28(30)31)14-22(23)24(29)26-15-19-6-4-5-7-21(19)18-10-8-17(9-11-18)16-27(2)3/h4-14,25H,15-16H2,1-3H3,(H,26,29). The third kappa shape index (κ3) is 5.46. The van der Waals surface area contributed by atoms with Gasteiger partial charge in [-0.05, 0) is 42.4 Å². The molecule has 0 saturated heterocycles. The van der Waals surface area contributed by atoms with Crippen molar-refractivity contribution >= 4 is 17.3 Å². The van der Waals surface area contributed by atoms with Crippen molar-refractivity contribution in [1.29, 1.82) is 0 Å². The van der Waals surface area contributed by atoms with Crippen molar-refractivity contribution in [3.63, 3.8) is 0 Å². The third-order valence-corrected chi connectivity index (χ3v) is 4.95. The van der Waals surface area contributed by atoms with E-state index in [0.717, 1.165) is 23.2 Å². The highest BCUT2D eigenvalue weighted by molar-refractivity contribution is 6.00. The van der Waals surface area contributed by atoms with Crippen LogP contribution in [-0.2, 0) is 13.1 Å². The molecule has 3 rings (SSSR count). The smallest absolute Gasteiger partial charge is 0.270 e. The van der Waals surface area contributed by atoms with E-state index in [1.807, 2.05) is 38.4 Å². The Morgan fingerprint density at radius 3 is 2.39 bits per heavy atom. The largest absolute Gasteiger partial charge is 0.387 e. The molecule has 1 amide bonds. The number of carbonyl (C=O) groups excluding carboxylic acids is 1. The highest BCUT2D eigenvalue weighted by atomic mass is 16.6. The first kappa shape index (κ1) is 22.0. The van der Waals surface area contributed by atoms with Gasteiger partial charge in [0, 0.05) is 38.0 Å². The fraction of sp³-hybridized carbons (Fsp3) is 0.208. The number of nitrogens with zero attached hydrogens (tertiary/aromatic N) is 2. The highest BCUT2D eigenvalue weighted by Gasteiger charge is 2.16. The third-order valence-electron chi connectivity index (χ3n) is 4.95. The second kappa shape index (κ2) is 9.86. The predicted molar refractivity (Wildman–Crippen MR) is 123 cm³/mol. The van der Waals surface area contributed by atoms with Crippen LogP contribution in [0.25, 0.3) is 11.1 Å². The summed E-state index contributed by atoms with van der Waals surface area (Å²) in [6.45, 7) is 1.18. The van der Waals surface area contributed by atoms with E-state index in [4.69, 9.17) is 0 Å². The van der Waals surface area contributed by atoms with Gasteiger partial charge in [-0.2, -0.15) is 0 Å². The van der Waals surface area contributed by atoms with Crippen LogP contribution in [-0.4, -0.2) is 36.9 Å². The van der Waals surface area contributed by atoms with Gasteiger partial charge < -0.3 is 15.5 Å². The van der Waals surface area contributed by atoms with E-state index in [-0.39, 0.29) is 17.2 Å². The van der Waals surface area contributed by atoms with Gasteiger partial charge in [0.1, 0.15) is 0 Å². The first-order valence-corrected chi connectivity index (χ1v) is 9.95. The average Bonchev–Trinajstić information content (AvgIpc) is 2.77. The maximum atomic E-state index is 12.8. The normalized spacial score (nSPS) is 10.7. The van der Waals surface area contributed by atoms with Gasteiger partial charge in [-0.15, -0.1) is 0 Å². The molecule has 0 spiro atoms. The average molecular weight is 418 g/mol. The first-order valence-electron chi connectivity index (χ1n) is 9.95. The van der Waals surface area contributed by atoms with Crippen molar-refractivity contribution in [3.05, 3.63) is 93.5 Å². The number of anilines is 1. The monoisotopic (exact) mass is 418 g/mol. The van der Waals surface area contributed by atoms with Crippen LogP contribution in [0.1, 0.15) is 21.5 Å². The molecular weight excluding hydrogens is 392 g/mol. The zero-order valence-electron chi connectivity index (χ0n) is 17.9. The molecule has 7 heteroatoms. The van der Waals surface area contributed by atoms with Gasteiger partial charge in [0.15, 0.2) is 0 Å². The zero-order valence-corrected chi connectivity index (χ0v) is 17.9. The SMILES string of the molecule is CNc1ccc([N+](=O)[O-])cc1C(=O)NCc1ccccc1-c1ccc(CN(C)C)cc1. The molecule has 31 heavy (non-hydrogen) atoms. The number of benzene rings is 3. The number of non-ortho nitro benzene ring substituents is 1. The molecular formula is C24H26N4O3. The number of hydrogen-bond donors (Lipinski definition) is 2. The van der Waals surface area contributed by atoms with E-state index in [0.29, 0.717) is 12.2 Å². The Balaban J connectivity index is 1.80. The van der Waals surface area contributed by atoms with Crippen LogP contribution >= 0.6 is 0 Å². The van der Waals surface area contributed by atoms with E-state index in [1.54, 1.807) is 7.05 Å². The second-order valence-corrected chi connectivity index (χ2v) is 7.51. The Morgan fingerprint density at radius 1 is 1.03 bits per heavy atom. The quantitative estimate of drug-likeness (QED) is 0.421. The molecule has 0 aliphatic rings. The summed E-state index contributed by atoms with van der Waals surface area (Å²) in [4.78, 5) is 25.5. The maximum absolute atomic E-state index is 12.8. The molecule has 0 saturated carbocycles. The van der Waals surface area contributed by atoms with Crippen molar-refractivity contribution in [1.82, 2.24) is 10.2 Å². The van der Waals surface area contributed by atoms with Crippen molar-refractivity contribution in [3.8, 4) is 11.1 Å². The van der Waals surface area contributed by atoms with Crippen LogP contribution in [0.3, 0.4) is 0 Å². The van der Waals surface area contributed by atoms with Crippen LogP contribution in [0.4, 0.5) is 11.4 Å². The molecule has 0 aliphatic heterocycles. The second-order valence-electron chi connectivity index (χ2n) is 7.51. The Morgan fingerprint density at radius 2 is 1.74 bits per heavy atom. The number of nitro benzene ring substituents is 1. The summed E-state index contributed by atoms with van der Waals surface area (Å²) < 4.78 is 0. The van der Waals surface area contributed by atoms with Gasteiger partial charge in [-0.1, -0.05) is 48.5 Å². The molecule has 160 valence electrons. The van der Waals surface area contributed by atoms with Crippen molar-refractivity contribution in [2.75, 3.05) is 26.5 Å². The van der Waals surface area contributed by atoms with Gasteiger partial charge >= 0.3 is 0 Å². The molecule has 3 aromatic carbocycles. The topological polar surface area (TPSA) is 87.5 Å². The van der Waals surface area contributed by atoms with Gasteiger partial charge in [-0.3, -0.25) is 14.9 Å². The van der Waals surface area contributed by atoms with Gasteiger partial charge in [-0.25, -0.2) is 0 Å². The van der Waals surface area contributed by atoms with E-state index in [9.17, 15) is 14.9 Å². The summed E-state index contributed by atoms with van der Waals surface area (Å²) in [6, 6.07) is 20.5. The van der Waals surface area contributed by atoms with E-state index >= 15 is 0 Å². The van der Waals surface area contributed by atoms with Crippen molar-refractivity contribution in [2.45, 2.75) is 13.1 Å². The predicted octanol–water partition coefficient (Wildman–Crippen LogP) is 4.30. The summed E-state index contributed by atoms with van der Waals surface area (Å²) in [5.74, 6) is -0.371. The summed E-state index contributed by atoms with van der Waals surface area (Å²) in [5, 5.41) is 16.9. The number of rotatable bonds is 8. The minimum absolute atomic E-state index is 0.123. The Hall–Kier alpha value is -3.71. The van der Waals surface area contributed by atoms with Crippen LogP contribution in [0.5, 0.6) is 0 Å². The molecule has 7 nitrogen and oxygen atoms in total. The Labute approximate surface area is 181 Å².